The maximum atomic E-state index is 6.25. The lowest BCUT2D eigenvalue weighted by molar-refractivity contribution is 0.0115. The van der Waals surface area contributed by atoms with E-state index < -0.39 is 0 Å². The molecule has 2 unspecified atom stereocenters. The van der Waals surface area contributed by atoms with Crippen molar-refractivity contribution in [3.05, 3.63) is 45.9 Å². The van der Waals surface area contributed by atoms with Crippen molar-refractivity contribution < 1.29 is 4.74 Å². The van der Waals surface area contributed by atoms with E-state index >= 15 is 0 Å². The van der Waals surface area contributed by atoms with Crippen LogP contribution in [0.1, 0.15) is 47.3 Å². The van der Waals surface area contributed by atoms with E-state index in [2.05, 4.69) is 10.2 Å². The molecule has 3 rings (SSSR count). The van der Waals surface area contributed by atoms with E-state index in [-0.39, 0.29) is 6.04 Å². The summed E-state index contributed by atoms with van der Waals surface area (Å²) in [6.07, 6.45) is 6.03. The Balaban J connectivity index is 1.58. The molecule has 2 N–H and O–H groups in total. The number of hydrogen-bond acceptors (Lipinski definition) is 5. The molecule has 0 amide bonds. The van der Waals surface area contributed by atoms with Crippen molar-refractivity contribution in [2.45, 2.75) is 44.2 Å². The van der Waals surface area contributed by atoms with Crippen LogP contribution in [0.25, 0.3) is 0 Å². The molecule has 1 saturated heterocycles. The first kappa shape index (κ1) is 14.6. The summed E-state index contributed by atoms with van der Waals surface area (Å²) in [6, 6.07) is 9.87. The van der Waals surface area contributed by atoms with Gasteiger partial charge in [-0.15, -0.1) is 10.2 Å². The highest BCUT2D eigenvalue weighted by Gasteiger charge is 2.17. The number of hydrogen-bond donors (Lipinski definition) is 1. The third kappa shape index (κ3) is 3.87. The van der Waals surface area contributed by atoms with Crippen molar-refractivity contribution in [1.82, 2.24) is 10.2 Å². The molecule has 1 aromatic heterocycles. The normalized spacial score (nSPS) is 20.3. The molecule has 1 aliphatic heterocycles. The summed E-state index contributed by atoms with van der Waals surface area (Å²) >= 11 is 1.62. The molecular formula is C16H21N3OS. The predicted octanol–water partition coefficient (Wildman–Crippen LogP) is 3.09. The third-order valence-corrected chi connectivity index (χ3v) is 4.93. The van der Waals surface area contributed by atoms with Gasteiger partial charge in [-0.2, -0.15) is 0 Å². The van der Waals surface area contributed by atoms with Crippen LogP contribution in [0.3, 0.4) is 0 Å². The van der Waals surface area contributed by atoms with E-state index in [1.165, 1.54) is 19.3 Å². The van der Waals surface area contributed by atoms with Gasteiger partial charge in [-0.05, 0) is 31.2 Å². The van der Waals surface area contributed by atoms with Crippen LogP contribution in [0.15, 0.2) is 30.3 Å². The molecule has 0 bridgehead atoms. The second-order valence-corrected chi connectivity index (χ2v) is 6.54. The van der Waals surface area contributed by atoms with E-state index in [0.29, 0.717) is 6.10 Å². The monoisotopic (exact) mass is 303 g/mol. The molecule has 2 aromatic rings. The quantitative estimate of drug-likeness (QED) is 0.922. The molecule has 1 fully saturated rings. The standard InChI is InChI=1S/C16H21N3OS/c17-15(12-6-2-1-3-7-12)16-19-18-14(21-16)10-9-13-8-4-5-11-20-13/h1-3,6-7,13,15H,4-5,8-11,17H2. The molecule has 2 heterocycles. The fourth-order valence-corrected chi connectivity index (χ4v) is 3.50. The Morgan fingerprint density at radius 1 is 1.24 bits per heavy atom. The highest BCUT2D eigenvalue weighted by Crippen LogP contribution is 2.24. The van der Waals surface area contributed by atoms with Crippen molar-refractivity contribution in [3.8, 4) is 0 Å². The second-order valence-electron chi connectivity index (χ2n) is 5.45. The van der Waals surface area contributed by atoms with E-state index in [1.54, 1.807) is 11.3 Å². The number of ether oxygens (including phenoxy) is 1. The van der Waals surface area contributed by atoms with Crippen LogP contribution in [0.5, 0.6) is 0 Å². The SMILES string of the molecule is NC(c1ccccc1)c1nnc(CCC2CCCCO2)s1. The number of rotatable bonds is 5. The van der Waals surface area contributed by atoms with Crippen LogP contribution in [0.4, 0.5) is 0 Å². The zero-order chi connectivity index (χ0) is 14.5. The molecule has 1 aromatic carbocycles. The fourth-order valence-electron chi connectivity index (χ4n) is 2.62. The van der Waals surface area contributed by atoms with Crippen molar-refractivity contribution >= 4 is 11.3 Å². The zero-order valence-corrected chi connectivity index (χ0v) is 12.9. The molecule has 1 aliphatic rings. The van der Waals surface area contributed by atoms with Crippen molar-refractivity contribution in [1.29, 1.82) is 0 Å². The molecular weight excluding hydrogens is 282 g/mol. The summed E-state index contributed by atoms with van der Waals surface area (Å²) in [7, 11) is 0. The molecule has 112 valence electrons. The Hall–Kier alpha value is -1.30. The minimum atomic E-state index is -0.177. The lowest BCUT2D eigenvalue weighted by Gasteiger charge is -2.21. The van der Waals surface area contributed by atoms with Crippen LogP contribution in [-0.4, -0.2) is 22.9 Å². The van der Waals surface area contributed by atoms with Crippen molar-refractivity contribution in [2.75, 3.05) is 6.61 Å². The maximum absolute atomic E-state index is 6.25. The largest absolute Gasteiger partial charge is 0.378 e. The Kier molecular flexibility index (Phi) is 4.95. The average molecular weight is 303 g/mol. The Labute approximate surface area is 129 Å². The smallest absolute Gasteiger partial charge is 0.138 e. The molecule has 0 aliphatic carbocycles. The van der Waals surface area contributed by atoms with E-state index in [9.17, 15) is 0 Å². The first-order valence-electron chi connectivity index (χ1n) is 7.57. The summed E-state index contributed by atoms with van der Waals surface area (Å²) in [4.78, 5) is 0. The van der Waals surface area contributed by atoms with Crippen LogP contribution in [-0.2, 0) is 11.2 Å². The topological polar surface area (TPSA) is 61.0 Å². The van der Waals surface area contributed by atoms with Crippen molar-refractivity contribution in [3.63, 3.8) is 0 Å². The second kappa shape index (κ2) is 7.11. The average Bonchev–Trinajstić information content (AvgIpc) is 3.03. The summed E-state index contributed by atoms with van der Waals surface area (Å²) in [6.45, 7) is 0.908. The van der Waals surface area contributed by atoms with E-state index in [4.69, 9.17) is 10.5 Å². The number of benzene rings is 1. The molecule has 0 spiro atoms. The summed E-state index contributed by atoms with van der Waals surface area (Å²) in [5.74, 6) is 0. The highest BCUT2D eigenvalue weighted by atomic mass is 32.1. The summed E-state index contributed by atoms with van der Waals surface area (Å²) < 4.78 is 5.75. The number of aryl methyl sites for hydroxylation is 1. The van der Waals surface area contributed by atoms with Gasteiger partial charge in [0.2, 0.25) is 0 Å². The van der Waals surface area contributed by atoms with Gasteiger partial charge in [0.1, 0.15) is 10.0 Å². The van der Waals surface area contributed by atoms with Gasteiger partial charge in [-0.3, -0.25) is 0 Å². The number of nitrogens with two attached hydrogens (primary N) is 1. The van der Waals surface area contributed by atoms with Gasteiger partial charge >= 0.3 is 0 Å². The highest BCUT2D eigenvalue weighted by molar-refractivity contribution is 7.11. The van der Waals surface area contributed by atoms with Crippen LogP contribution in [0, 0.1) is 0 Å². The third-order valence-electron chi connectivity index (χ3n) is 3.86. The van der Waals surface area contributed by atoms with Crippen LogP contribution >= 0.6 is 11.3 Å². The lowest BCUT2D eigenvalue weighted by Crippen LogP contribution is -2.19. The first-order valence-corrected chi connectivity index (χ1v) is 8.39. The van der Waals surface area contributed by atoms with Gasteiger partial charge in [0.25, 0.3) is 0 Å². The van der Waals surface area contributed by atoms with Crippen LogP contribution < -0.4 is 5.73 Å². The zero-order valence-electron chi connectivity index (χ0n) is 12.1. The number of nitrogens with zero attached hydrogens (tertiary/aromatic N) is 2. The molecule has 5 heteroatoms. The molecule has 21 heavy (non-hydrogen) atoms. The fraction of sp³-hybridized carbons (Fsp3) is 0.500. The summed E-state index contributed by atoms with van der Waals surface area (Å²) in [5, 5.41) is 10.5. The van der Waals surface area contributed by atoms with Gasteiger partial charge in [0.15, 0.2) is 0 Å². The predicted molar refractivity (Wildman–Crippen MR) is 84.3 cm³/mol. The molecule has 2 atom stereocenters. The van der Waals surface area contributed by atoms with Gasteiger partial charge in [-0.25, -0.2) is 0 Å². The lowest BCUT2D eigenvalue weighted by atomic mass is 10.1. The van der Waals surface area contributed by atoms with E-state index in [0.717, 1.165) is 35.0 Å². The Bertz CT molecular complexity index is 552. The van der Waals surface area contributed by atoms with Gasteiger partial charge in [-0.1, -0.05) is 41.7 Å². The maximum Gasteiger partial charge on any atom is 0.138 e. The molecule has 4 nitrogen and oxygen atoms in total. The van der Waals surface area contributed by atoms with Gasteiger partial charge < -0.3 is 10.5 Å². The Morgan fingerprint density at radius 3 is 2.86 bits per heavy atom. The van der Waals surface area contributed by atoms with Gasteiger partial charge in [0, 0.05) is 13.0 Å². The van der Waals surface area contributed by atoms with Crippen LogP contribution in [0.2, 0.25) is 0 Å². The minimum Gasteiger partial charge on any atom is -0.378 e. The Morgan fingerprint density at radius 2 is 2.10 bits per heavy atom. The van der Waals surface area contributed by atoms with Gasteiger partial charge in [0.05, 0.1) is 12.1 Å². The minimum absolute atomic E-state index is 0.177. The molecule has 0 radical (unpaired) electrons. The van der Waals surface area contributed by atoms with E-state index in [1.807, 2.05) is 30.3 Å². The number of aromatic nitrogens is 2. The first-order chi connectivity index (χ1) is 10.3. The summed E-state index contributed by atoms with van der Waals surface area (Å²) in [5.41, 5.74) is 7.33. The van der Waals surface area contributed by atoms with Crippen molar-refractivity contribution in [2.24, 2.45) is 5.73 Å². The molecule has 0 saturated carbocycles.